The van der Waals surface area contributed by atoms with Crippen LogP contribution in [0.1, 0.15) is 0 Å². The Kier molecular flexibility index (Phi) is 16.2. The molecule has 0 aliphatic carbocycles. The van der Waals surface area contributed by atoms with Gasteiger partial charge in [-0.25, -0.2) is 0 Å². The number of rotatable bonds is 15. The van der Waals surface area contributed by atoms with Gasteiger partial charge >= 0.3 is 0 Å². The third-order valence-electron chi connectivity index (χ3n) is 24.0. The summed E-state index contributed by atoms with van der Waals surface area (Å²) in [4.78, 5) is 4.76. The van der Waals surface area contributed by atoms with E-state index in [1.165, 1.54) is 54.4 Å². The molecular formula is C112H72N4O2. The summed E-state index contributed by atoms with van der Waals surface area (Å²) in [6.45, 7) is 0. The SMILES string of the molecule is c1cc(-c2ccc(N(c3ccc(-c4ccccc4-n4c5ccccc5c5ccccc54)cc3)c3ccc(-c4cccc5c4oc4ccccc45)cc3)cc2)cc(-c2cccc3oc4c(-c5ccc(N(c6ccc(-c7ccccc7-n7c8ccccc8c8ccccc87)cc6)c6ccccc6-c6ccc7ccccc7c6)cc5)cccc4c23)c1. The molecule has 23 rings (SSSR count). The predicted octanol–water partition coefficient (Wildman–Crippen LogP) is 31.4. The van der Waals surface area contributed by atoms with E-state index in [-0.39, 0.29) is 0 Å². The Labute approximate surface area is 681 Å². The Morgan fingerprint density at radius 1 is 0.186 bits per heavy atom. The normalized spacial score (nSPS) is 11.7. The number of aromatic nitrogens is 2. The summed E-state index contributed by atoms with van der Waals surface area (Å²) in [5.74, 6) is 0. The quantitative estimate of drug-likeness (QED) is 0.103. The molecule has 19 aromatic carbocycles. The van der Waals surface area contributed by atoms with Crippen LogP contribution < -0.4 is 9.80 Å². The topological polar surface area (TPSA) is 42.6 Å². The second-order valence-corrected chi connectivity index (χ2v) is 30.6. The van der Waals surface area contributed by atoms with Gasteiger partial charge in [0.15, 0.2) is 0 Å². The molecule has 0 atom stereocenters. The molecule has 118 heavy (non-hydrogen) atoms. The monoisotopic (exact) mass is 1500 g/mol. The van der Waals surface area contributed by atoms with Gasteiger partial charge in [0.05, 0.1) is 39.1 Å². The van der Waals surface area contributed by atoms with Gasteiger partial charge in [0.1, 0.15) is 22.3 Å². The predicted molar refractivity (Wildman–Crippen MR) is 495 cm³/mol. The Hall–Kier alpha value is -15.8. The molecule has 0 saturated heterocycles. The second kappa shape index (κ2) is 28.1. The van der Waals surface area contributed by atoms with E-state index in [4.69, 9.17) is 8.83 Å². The Bertz CT molecular complexity index is 7750. The van der Waals surface area contributed by atoms with Crippen molar-refractivity contribution in [1.82, 2.24) is 9.13 Å². The van der Waals surface area contributed by atoms with Gasteiger partial charge in [-0.15, -0.1) is 0 Å². The van der Waals surface area contributed by atoms with Gasteiger partial charge in [-0.05, 0) is 188 Å². The van der Waals surface area contributed by atoms with Crippen LogP contribution in [-0.4, -0.2) is 9.13 Å². The average molecular weight is 1510 g/mol. The van der Waals surface area contributed by atoms with Crippen LogP contribution in [-0.2, 0) is 0 Å². The van der Waals surface area contributed by atoms with Crippen molar-refractivity contribution in [3.63, 3.8) is 0 Å². The summed E-state index contributed by atoms with van der Waals surface area (Å²) in [6.07, 6.45) is 0. The first-order chi connectivity index (χ1) is 58.5. The molecule has 0 aliphatic heterocycles. The van der Waals surface area contributed by atoms with Gasteiger partial charge in [0.2, 0.25) is 0 Å². The summed E-state index contributed by atoms with van der Waals surface area (Å²) in [7, 11) is 0. The highest BCUT2D eigenvalue weighted by Crippen LogP contribution is 2.48. The highest BCUT2D eigenvalue weighted by atomic mass is 16.3. The third kappa shape index (κ3) is 11.4. The lowest BCUT2D eigenvalue weighted by atomic mass is 9.95. The number of benzene rings is 19. The molecule has 6 nitrogen and oxygen atoms in total. The lowest BCUT2D eigenvalue weighted by molar-refractivity contribution is 0.669. The minimum atomic E-state index is 0.837. The van der Waals surface area contributed by atoms with Crippen LogP contribution in [0.5, 0.6) is 0 Å². The van der Waals surface area contributed by atoms with Gasteiger partial charge in [0, 0.05) is 99.3 Å². The molecule has 0 radical (unpaired) electrons. The summed E-state index contributed by atoms with van der Waals surface area (Å²) < 4.78 is 18.5. The fourth-order valence-electron chi connectivity index (χ4n) is 18.5. The molecule has 0 aliphatic rings. The van der Waals surface area contributed by atoms with Crippen molar-refractivity contribution in [2.45, 2.75) is 0 Å². The first-order valence-corrected chi connectivity index (χ1v) is 40.3. The summed E-state index contributed by atoms with van der Waals surface area (Å²) in [5.41, 5.74) is 32.2. The first-order valence-electron chi connectivity index (χ1n) is 40.3. The number of fused-ring (bicyclic) bond motifs is 13. The summed E-state index contributed by atoms with van der Waals surface area (Å²) in [5, 5.41) is 11.7. The highest BCUT2D eigenvalue weighted by molar-refractivity contribution is 6.17. The van der Waals surface area contributed by atoms with Crippen LogP contribution in [0, 0.1) is 0 Å². The molecular weight excluding hydrogens is 1430 g/mol. The van der Waals surface area contributed by atoms with Crippen LogP contribution in [0.2, 0.25) is 0 Å². The van der Waals surface area contributed by atoms with Gasteiger partial charge in [-0.2, -0.15) is 0 Å². The first kappa shape index (κ1) is 67.9. The highest BCUT2D eigenvalue weighted by Gasteiger charge is 2.25. The standard InChI is InChI=1S/C112H72N4O2/c1-2-24-79-72-82(50-49-73(79)23-1)90-29-5-11-40-101(90)114(86-67-55-76(56-68-86)89-28-4-13-42-103(89)116-106-45-16-8-32-96(106)97-33-9-17-46-107(97)116)87-69-59-78(60-70-87)93-37-21-39-100-110-91(35-22-48-109(110)118-112(93)100)81-26-19-25-80(71-81)74-51-61-83(62-52-74)113(85-65-57-77(58-66-85)92-36-20-38-99-98-34-10-18-47-108(98)117-111(92)99)84-63-53-75(54-64-84)88-27-3-12-41-102(88)115-104-43-14-6-30-94(104)95-31-7-15-44-105(95)115/h1-72H. The van der Waals surface area contributed by atoms with E-state index >= 15 is 0 Å². The van der Waals surface area contributed by atoms with Crippen LogP contribution in [0.4, 0.5) is 34.1 Å². The van der Waals surface area contributed by atoms with E-state index in [1.807, 2.05) is 12.1 Å². The molecule has 0 fully saturated rings. The molecule has 0 N–H and O–H groups in total. The van der Waals surface area contributed by atoms with Crippen LogP contribution in [0.3, 0.4) is 0 Å². The van der Waals surface area contributed by atoms with Crippen LogP contribution >= 0.6 is 0 Å². The van der Waals surface area contributed by atoms with E-state index in [9.17, 15) is 0 Å². The van der Waals surface area contributed by atoms with Gasteiger partial charge in [0.25, 0.3) is 0 Å². The average Bonchev–Trinajstić information content (AvgIpc) is 1.58. The van der Waals surface area contributed by atoms with Crippen molar-refractivity contribution in [2.24, 2.45) is 0 Å². The van der Waals surface area contributed by atoms with Gasteiger partial charge in [-0.1, -0.05) is 309 Å². The molecule has 0 amide bonds. The zero-order valence-corrected chi connectivity index (χ0v) is 64.2. The zero-order valence-electron chi connectivity index (χ0n) is 64.2. The summed E-state index contributed by atoms with van der Waals surface area (Å²) >= 11 is 0. The summed E-state index contributed by atoms with van der Waals surface area (Å²) in [6, 6.07) is 158. The maximum Gasteiger partial charge on any atom is 0.143 e. The second-order valence-electron chi connectivity index (χ2n) is 30.6. The van der Waals surface area contributed by atoms with Crippen LogP contribution in [0.25, 0.3) is 188 Å². The van der Waals surface area contributed by atoms with Crippen LogP contribution in [0.15, 0.2) is 446 Å². The lowest BCUT2D eigenvalue weighted by Crippen LogP contribution is -2.11. The Morgan fingerprint density at radius 2 is 0.534 bits per heavy atom. The fourth-order valence-corrected chi connectivity index (χ4v) is 18.5. The van der Waals surface area contributed by atoms with Crippen molar-refractivity contribution in [3.8, 4) is 89.3 Å². The lowest BCUT2D eigenvalue weighted by Gasteiger charge is -2.28. The third-order valence-corrected chi connectivity index (χ3v) is 24.0. The van der Waals surface area contributed by atoms with Crippen molar-refractivity contribution >= 4 is 132 Å². The number of anilines is 6. The zero-order chi connectivity index (χ0) is 77.7. The van der Waals surface area contributed by atoms with E-state index in [2.05, 4.69) is 444 Å². The molecule has 0 spiro atoms. The molecule has 0 bridgehead atoms. The van der Waals surface area contributed by atoms with Crippen molar-refractivity contribution in [1.29, 1.82) is 0 Å². The van der Waals surface area contributed by atoms with Gasteiger partial charge < -0.3 is 27.8 Å². The molecule has 4 aromatic heterocycles. The van der Waals surface area contributed by atoms with E-state index < -0.39 is 0 Å². The molecule has 0 saturated carbocycles. The van der Waals surface area contributed by atoms with Crippen molar-refractivity contribution in [3.05, 3.63) is 437 Å². The molecule has 4 heterocycles. The maximum absolute atomic E-state index is 7.07. The van der Waals surface area contributed by atoms with E-state index in [1.54, 1.807) is 0 Å². The van der Waals surface area contributed by atoms with Crippen molar-refractivity contribution < 1.29 is 8.83 Å². The number of hydrogen-bond donors (Lipinski definition) is 0. The number of para-hydroxylation sites is 10. The number of furan rings is 2. The number of nitrogens with zero attached hydrogens (tertiary/aromatic N) is 4. The van der Waals surface area contributed by atoms with E-state index in [0.29, 0.717) is 0 Å². The molecule has 23 aromatic rings. The smallest absolute Gasteiger partial charge is 0.143 e. The molecule has 6 heteroatoms. The molecule has 552 valence electrons. The minimum Gasteiger partial charge on any atom is -0.455 e. The van der Waals surface area contributed by atoms with Crippen molar-refractivity contribution in [2.75, 3.05) is 9.80 Å². The maximum atomic E-state index is 7.07. The fraction of sp³-hybridized carbons (Fsp3) is 0. The molecule has 0 unspecified atom stereocenters. The van der Waals surface area contributed by atoms with E-state index in [0.717, 1.165) is 167 Å². The Morgan fingerprint density at radius 3 is 1.08 bits per heavy atom. The largest absolute Gasteiger partial charge is 0.455 e. The Balaban J connectivity index is 0.578. The number of hydrogen-bond acceptors (Lipinski definition) is 4. The minimum absolute atomic E-state index is 0.837. The van der Waals surface area contributed by atoms with Gasteiger partial charge in [-0.3, -0.25) is 0 Å².